The first-order valence-electron chi connectivity index (χ1n) is 0.204. The summed E-state index contributed by atoms with van der Waals surface area (Å²) in [6, 6.07) is 0. The van der Waals surface area contributed by atoms with Crippen LogP contribution in [0.3, 0.4) is 0 Å². The van der Waals surface area contributed by atoms with Gasteiger partial charge in [-0.1, -0.05) is 0 Å². The van der Waals surface area contributed by atoms with E-state index in [1.807, 2.05) is 0 Å². The zero-order valence-corrected chi connectivity index (χ0v) is 15.6. The molecule has 0 bridgehead atoms. The maximum absolute atomic E-state index is 8.25. The molecule has 0 fully saturated rings. The Labute approximate surface area is 114 Å². The molecule has 0 unspecified atom stereocenters. The minimum atomic E-state index is 0. The van der Waals surface area contributed by atoms with Crippen LogP contribution in [0.4, 0.5) is 0 Å². The molecule has 0 amide bonds. The van der Waals surface area contributed by atoms with E-state index < -0.39 is 0 Å². The Kier molecular flexibility index (Phi) is 217. The van der Waals surface area contributed by atoms with Gasteiger partial charge in [-0.25, -0.2) is 0 Å². The minimum Gasteiger partial charge on any atom is 0 e. The van der Waals surface area contributed by atoms with Gasteiger partial charge in [0.15, 0.2) is 0 Å². The van der Waals surface area contributed by atoms with Gasteiger partial charge in [0.25, 0.3) is 0 Å². The Morgan fingerprint density at radius 2 is 1.17 bits per heavy atom. The molecule has 6 heavy (non-hydrogen) atoms. The van der Waals surface area contributed by atoms with Crippen molar-refractivity contribution < 1.29 is 88.8 Å². The summed E-state index contributed by atoms with van der Waals surface area (Å²) in [5.41, 5.74) is 0. The van der Waals surface area contributed by atoms with Crippen molar-refractivity contribution in [2.24, 2.45) is 0 Å². The smallest absolute Gasteiger partial charge is 0 e. The predicted octanol–water partition coefficient (Wildman–Crippen LogP) is -1.04. The molecule has 0 aromatic carbocycles. The van der Waals surface area contributed by atoms with Gasteiger partial charge in [0.05, 0.1) is 0 Å². The second kappa shape index (κ2) is 38.6. The van der Waals surface area contributed by atoms with Crippen molar-refractivity contribution in [3.05, 3.63) is 0 Å². The van der Waals surface area contributed by atoms with Gasteiger partial charge in [-0.05, 0) is 0 Å². The van der Waals surface area contributed by atoms with E-state index in [-0.39, 0.29) is 92.4 Å². The quantitative estimate of drug-likeness (QED) is 0.377. The van der Waals surface area contributed by atoms with Crippen molar-refractivity contribution in [3.63, 3.8) is 0 Å². The van der Waals surface area contributed by atoms with Gasteiger partial charge in [0.2, 0.25) is 0 Å². The third-order valence-electron chi connectivity index (χ3n) is 0. The fraction of sp³-hybridized carbons (Fsp3) is 0. The standard InChI is InChI=1S/Nb.Ni.O.Pb.Ti.Zr.2H. The monoisotopic (exact) mass is 515 g/mol. The number of rotatable bonds is 0. The van der Waals surface area contributed by atoms with E-state index in [1.165, 1.54) is 0 Å². The van der Waals surface area contributed by atoms with Gasteiger partial charge in [0, 0.05) is 65.1 Å². The topological polar surface area (TPSA) is 17.1 Å². The Morgan fingerprint density at radius 3 is 1.17 bits per heavy atom. The number of hydrogen-bond acceptors (Lipinski definition) is 1. The number of hydrogen-bond donors (Lipinski definition) is 0. The molecule has 0 N–H and O–H groups in total. The largest absolute Gasteiger partial charge is 0 e. The summed E-state index contributed by atoms with van der Waals surface area (Å²) in [6.07, 6.45) is 0. The molecular formula is H2NbNiOPbTiZr. The maximum atomic E-state index is 8.25. The van der Waals surface area contributed by atoms with Crippen LogP contribution in [0, 0.1) is 0 Å². The van der Waals surface area contributed by atoms with E-state index in [1.54, 1.807) is 0 Å². The van der Waals surface area contributed by atoms with E-state index >= 15 is 0 Å². The van der Waals surface area contributed by atoms with Crippen molar-refractivity contribution in [1.82, 2.24) is 0 Å². The molecule has 0 aliphatic rings. The molecule has 0 aliphatic carbocycles. The first kappa shape index (κ1) is 33.7. The molecule has 0 spiro atoms. The van der Waals surface area contributed by atoms with Crippen LogP contribution in [-0.2, 0) is 88.8 Å². The Bertz CT molecular complexity index is 15.5. The van der Waals surface area contributed by atoms with Gasteiger partial charge in [-0.3, -0.25) is 0 Å². The fourth-order valence-corrected chi connectivity index (χ4v) is 0. The first-order valence-corrected chi connectivity index (χ1v) is 0.842. The Morgan fingerprint density at radius 1 is 1.17 bits per heavy atom. The van der Waals surface area contributed by atoms with Crippen molar-refractivity contribution in [2.45, 2.75) is 0 Å². The Hall–Kier alpha value is 3.55. The van der Waals surface area contributed by atoms with Crippen molar-refractivity contribution >= 4 is 27.3 Å². The van der Waals surface area contributed by atoms with Gasteiger partial charge in [-0.15, -0.1) is 0 Å². The fourth-order valence-electron chi connectivity index (χ4n) is 0. The third kappa shape index (κ3) is 25.7. The van der Waals surface area contributed by atoms with E-state index in [0.29, 0.717) is 0 Å². The van der Waals surface area contributed by atoms with Crippen LogP contribution in [-0.4, -0.2) is 27.3 Å². The van der Waals surface area contributed by atoms with Crippen LogP contribution in [0.25, 0.3) is 0 Å². The molecule has 35 valence electrons. The van der Waals surface area contributed by atoms with Gasteiger partial charge >= 0.3 is 51.0 Å². The van der Waals surface area contributed by atoms with Crippen LogP contribution in [0.2, 0.25) is 0 Å². The second-order valence-electron chi connectivity index (χ2n) is 0. The SMILES string of the molecule is [Nb].[Ni].[O]=[Ti].[PbH2].[Zr]. The molecule has 6 heteroatoms. The normalized spacial score (nSPS) is 0.500. The van der Waals surface area contributed by atoms with Crippen molar-refractivity contribution in [3.8, 4) is 0 Å². The second-order valence-corrected chi connectivity index (χ2v) is 0. The van der Waals surface area contributed by atoms with Crippen LogP contribution in [0.1, 0.15) is 0 Å². The minimum absolute atomic E-state index is 0. The summed E-state index contributed by atoms with van der Waals surface area (Å²) in [5, 5.41) is 0. The zero-order chi connectivity index (χ0) is 2.00. The molecular weight excluding hydrogens is 514 g/mol. The molecule has 0 saturated heterocycles. The van der Waals surface area contributed by atoms with Crippen molar-refractivity contribution in [1.29, 1.82) is 0 Å². The molecule has 0 atom stereocenters. The van der Waals surface area contributed by atoms with Gasteiger partial charge < -0.3 is 0 Å². The molecule has 0 rings (SSSR count). The van der Waals surface area contributed by atoms with E-state index in [4.69, 9.17) is 3.32 Å². The van der Waals surface area contributed by atoms with E-state index in [0.717, 1.165) is 20.4 Å². The molecule has 0 aromatic rings. The van der Waals surface area contributed by atoms with Crippen molar-refractivity contribution in [2.75, 3.05) is 0 Å². The summed E-state index contributed by atoms with van der Waals surface area (Å²) in [4.78, 5) is 0. The summed E-state index contributed by atoms with van der Waals surface area (Å²) < 4.78 is 8.25. The third-order valence-corrected chi connectivity index (χ3v) is 0. The summed E-state index contributed by atoms with van der Waals surface area (Å²) in [7, 11) is 0. The van der Waals surface area contributed by atoms with E-state index in [9.17, 15) is 0 Å². The molecule has 0 heterocycles. The van der Waals surface area contributed by atoms with Crippen LogP contribution in [0.15, 0.2) is 0 Å². The molecule has 0 aromatic heterocycles. The average Bonchev–Trinajstić information content (AvgIpc) is 1.00. The molecule has 1 nitrogen and oxygen atoms in total. The summed E-state index contributed by atoms with van der Waals surface area (Å²) >= 11 is 0.750. The zero-order valence-electron chi connectivity index (χ0n) is 2.88. The summed E-state index contributed by atoms with van der Waals surface area (Å²) in [6.45, 7) is 0. The van der Waals surface area contributed by atoms with Crippen LogP contribution >= 0.6 is 0 Å². The molecule has 3 radical (unpaired) electrons. The van der Waals surface area contributed by atoms with Gasteiger partial charge in [-0.2, -0.15) is 0 Å². The maximum Gasteiger partial charge on any atom is 0 e. The average molecular weight is 516 g/mol. The molecule has 0 saturated carbocycles. The summed E-state index contributed by atoms with van der Waals surface area (Å²) in [5.74, 6) is 0. The first-order chi connectivity index (χ1) is 1.00. The van der Waals surface area contributed by atoms with Crippen LogP contribution in [0.5, 0.6) is 0 Å². The predicted molar refractivity (Wildman–Crippen MR) is 9.23 cm³/mol. The Balaban J connectivity index is -0.000000000833. The van der Waals surface area contributed by atoms with E-state index in [2.05, 4.69) is 0 Å². The van der Waals surface area contributed by atoms with Crippen LogP contribution < -0.4 is 0 Å². The molecule has 0 aliphatic heterocycles. The van der Waals surface area contributed by atoms with Gasteiger partial charge in [0.1, 0.15) is 0 Å².